The van der Waals surface area contributed by atoms with Gasteiger partial charge in [0, 0.05) is 12.6 Å². The van der Waals surface area contributed by atoms with Gasteiger partial charge in [0.15, 0.2) is 29.4 Å². The van der Waals surface area contributed by atoms with Gasteiger partial charge in [-0.15, -0.1) is 0 Å². The van der Waals surface area contributed by atoms with E-state index < -0.39 is 12.6 Å². The van der Waals surface area contributed by atoms with E-state index in [1.807, 2.05) is 31.2 Å². The molecule has 33 heavy (non-hydrogen) atoms. The van der Waals surface area contributed by atoms with Crippen LogP contribution in [0.4, 0.5) is 6.01 Å². The van der Waals surface area contributed by atoms with Crippen LogP contribution >= 0.6 is 0 Å². The highest BCUT2D eigenvalue weighted by atomic mass is 16.5. The van der Waals surface area contributed by atoms with Crippen molar-refractivity contribution < 1.29 is 28.5 Å². The van der Waals surface area contributed by atoms with E-state index in [1.165, 1.54) is 0 Å². The molecule has 0 unspecified atom stereocenters. The molecule has 1 fully saturated rings. The number of methoxy groups -OCH3 is 1. The number of rotatable bonds is 10. The fourth-order valence-electron chi connectivity index (χ4n) is 4.04. The van der Waals surface area contributed by atoms with Crippen molar-refractivity contribution in [2.75, 3.05) is 38.3 Å². The summed E-state index contributed by atoms with van der Waals surface area (Å²) in [6, 6.07) is 11.9. The summed E-state index contributed by atoms with van der Waals surface area (Å²) in [6.45, 7) is 4.45. The molecule has 0 amide bonds. The van der Waals surface area contributed by atoms with Crippen molar-refractivity contribution in [3.63, 3.8) is 0 Å². The van der Waals surface area contributed by atoms with Crippen molar-refractivity contribution in [3.05, 3.63) is 42.0 Å². The number of aromatic nitrogens is 1. The van der Waals surface area contributed by atoms with Gasteiger partial charge in [-0.1, -0.05) is 12.1 Å². The van der Waals surface area contributed by atoms with Crippen molar-refractivity contribution in [2.45, 2.75) is 32.4 Å². The van der Waals surface area contributed by atoms with E-state index in [0.717, 1.165) is 31.5 Å². The number of nitrogens with zero attached hydrogens (tertiary/aromatic N) is 2. The first-order valence-electron chi connectivity index (χ1n) is 11.1. The Bertz CT molecular complexity index is 1090. The molecular formula is C24H29N3O6. The zero-order chi connectivity index (χ0) is 23.2. The van der Waals surface area contributed by atoms with Crippen molar-refractivity contribution in [1.82, 2.24) is 10.3 Å². The zero-order valence-electron chi connectivity index (χ0n) is 18.9. The van der Waals surface area contributed by atoms with Crippen LogP contribution in [0, 0.1) is 0 Å². The number of carboxylic acids is 1. The van der Waals surface area contributed by atoms with Gasteiger partial charge < -0.3 is 34.0 Å². The molecule has 0 bridgehead atoms. The van der Waals surface area contributed by atoms with Crippen LogP contribution in [0.15, 0.2) is 40.8 Å². The van der Waals surface area contributed by atoms with Crippen molar-refractivity contribution in [2.24, 2.45) is 0 Å². The third kappa shape index (κ3) is 5.31. The molecule has 1 aromatic heterocycles. The molecule has 1 aliphatic rings. The number of benzene rings is 2. The largest absolute Gasteiger partial charge is 0.493 e. The first-order chi connectivity index (χ1) is 16.1. The number of carbonyl (C=O) groups is 1. The minimum absolute atomic E-state index is 0.236. The predicted octanol–water partition coefficient (Wildman–Crippen LogP) is 3.46. The molecule has 2 aromatic carbocycles. The Hall–Kier alpha value is -3.46. The maximum Gasteiger partial charge on any atom is 0.341 e. The summed E-state index contributed by atoms with van der Waals surface area (Å²) >= 11 is 0. The summed E-state index contributed by atoms with van der Waals surface area (Å²) in [5.41, 5.74) is 2.11. The Morgan fingerprint density at radius 2 is 2.00 bits per heavy atom. The summed E-state index contributed by atoms with van der Waals surface area (Å²) in [4.78, 5) is 17.8. The van der Waals surface area contributed by atoms with Crippen LogP contribution in [0.3, 0.4) is 0 Å². The Labute approximate surface area is 192 Å². The maximum atomic E-state index is 10.9. The summed E-state index contributed by atoms with van der Waals surface area (Å²) < 4.78 is 22.7. The second-order valence-corrected chi connectivity index (χ2v) is 7.81. The molecule has 176 valence electrons. The number of carboxylic acid groups (broad SMARTS) is 1. The molecule has 4 rings (SSSR count). The van der Waals surface area contributed by atoms with Gasteiger partial charge in [-0.25, -0.2) is 4.79 Å². The van der Waals surface area contributed by atoms with Crippen LogP contribution < -0.4 is 24.4 Å². The van der Waals surface area contributed by atoms with E-state index in [4.69, 9.17) is 28.7 Å². The molecule has 0 aliphatic carbocycles. The molecule has 0 saturated carbocycles. The molecule has 1 aliphatic heterocycles. The van der Waals surface area contributed by atoms with E-state index in [2.05, 4.69) is 10.2 Å². The van der Waals surface area contributed by atoms with Gasteiger partial charge in [0.05, 0.1) is 13.7 Å². The Morgan fingerprint density at radius 3 is 2.73 bits per heavy atom. The molecule has 9 nitrogen and oxygen atoms in total. The fraction of sp³-hybridized carbons (Fsp3) is 0.417. The van der Waals surface area contributed by atoms with Crippen LogP contribution in [-0.2, 0) is 11.3 Å². The van der Waals surface area contributed by atoms with E-state index in [1.54, 1.807) is 19.2 Å². The highest BCUT2D eigenvalue weighted by molar-refractivity contribution is 5.81. The van der Waals surface area contributed by atoms with E-state index in [0.29, 0.717) is 47.5 Å². The Balaban J connectivity index is 1.68. The predicted molar refractivity (Wildman–Crippen MR) is 123 cm³/mol. The molecule has 0 radical (unpaired) electrons. The minimum atomic E-state index is -1.05. The third-order valence-electron chi connectivity index (χ3n) is 5.59. The standard InChI is InChI=1S/C24H29N3O6/c1-3-31-21-13-16(7-8-19(21)30-2)14-27(17-9-11-25-12-10-17)24-26-18-5-4-6-20(23(18)33-24)32-15-22(28)29/h4-8,13,17,25H,3,9-12,14-15H2,1-2H3,(H,28,29). The molecule has 0 atom stereocenters. The van der Waals surface area contributed by atoms with Crippen molar-refractivity contribution in [3.8, 4) is 17.2 Å². The zero-order valence-corrected chi connectivity index (χ0v) is 18.9. The van der Waals surface area contributed by atoms with Crippen LogP contribution in [0.25, 0.3) is 11.1 Å². The quantitative estimate of drug-likeness (QED) is 0.475. The van der Waals surface area contributed by atoms with Gasteiger partial charge in [0.25, 0.3) is 6.01 Å². The number of aliphatic carboxylic acids is 1. The molecule has 2 N–H and O–H groups in total. The van der Waals surface area contributed by atoms with E-state index in [9.17, 15) is 4.79 Å². The maximum absolute atomic E-state index is 10.9. The number of para-hydroxylation sites is 1. The molecule has 9 heteroatoms. The number of oxazole rings is 1. The molecule has 1 saturated heterocycles. The van der Waals surface area contributed by atoms with Crippen LogP contribution in [0.2, 0.25) is 0 Å². The van der Waals surface area contributed by atoms with Crippen LogP contribution in [0.1, 0.15) is 25.3 Å². The lowest BCUT2D eigenvalue weighted by atomic mass is 10.0. The number of hydrogen-bond acceptors (Lipinski definition) is 8. The summed E-state index contributed by atoms with van der Waals surface area (Å²) in [5, 5.41) is 12.4. The van der Waals surface area contributed by atoms with Crippen molar-refractivity contribution >= 4 is 23.1 Å². The van der Waals surface area contributed by atoms with E-state index in [-0.39, 0.29) is 6.04 Å². The Kier molecular flexibility index (Phi) is 7.19. The molecular weight excluding hydrogens is 426 g/mol. The third-order valence-corrected chi connectivity index (χ3v) is 5.59. The summed E-state index contributed by atoms with van der Waals surface area (Å²) in [7, 11) is 1.63. The lowest BCUT2D eigenvalue weighted by Gasteiger charge is -2.33. The van der Waals surface area contributed by atoms with Crippen molar-refractivity contribution in [1.29, 1.82) is 0 Å². The van der Waals surface area contributed by atoms with Gasteiger partial charge in [0.2, 0.25) is 0 Å². The lowest BCUT2D eigenvalue weighted by molar-refractivity contribution is -0.139. The number of piperidine rings is 1. The fourth-order valence-corrected chi connectivity index (χ4v) is 4.04. The smallest absolute Gasteiger partial charge is 0.341 e. The van der Waals surface area contributed by atoms with Gasteiger partial charge in [-0.05, 0) is 62.7 Å². The summed E-state index contributed by atoms with van der Waals surface area (Å²) in [6.07, 6.45) is 1.91. The summed E-state index contributed by atoms with van der Waals surface area (Å²) in [5.74, 6) is 0.704. The number of anilines is 1. The second-order valence-electron chi connectivity index (χ2n) is 7.81. The number of fused-ring (bicyclic) bond motifs is 1. The van der Waals surface area contributed by atoms with Crippen LogP contribution in [-0.4, -0.2) is 55.5 Å². The normalized spacial score (nSPS) is 14.2. The lowest BCUT2D eigenvalue weighted by Crippen LogP contribution is -2.43. The van der Waals surface area contributed by atoms with Crippen LogP contribution in [0.5, 0.6) is 17.2 Å². The van der Waals surface area contributed by atoms with Gasteiger partial charge in [-0.2, -0.15) is 4.98 Å². The number of hydrogen-bond donors (Lipinski definition) is 2. The Morgan fingerprint density at radius 1 is 1.18 bits per heavy atom. The number of ether oxygens (including phenoxy) is 3. The van der Waals surface area contributed by atoms with Gasteiger partial charge in [0.1, 0.15) is 5.52 Å². The molecule has 0 spiro atoms. The average molecular weight is 456 g/mol. The first kappa shape index (κ1) is 22.7. The van der Waals surface area contributed by atoms with E-state index >= 15 is 0 Å². The highest BCUT2D eigenvalue weighted by Gasteiger charge is 2.26. The first-order valence-corrected chi connectivity index (χ1v) is 11.1. The van der Waals surface area contributed by atoms with Gasteiger partial charge >= 0.3 is 5.97 Å². The average Bonchev–Trinajstić information content (AvgIpc) is 3.26. The monoisotopic (exact) mass is 455 g/mol. The minimum Gasteiger partial charge on any atom is -0.493 e. The second kappa shape index (κ2) is 10.4. The highest BCUT2D eigenvalue weighted by Crippen LogP contribution is 2.34. The molecule has 2 heterocycles. The van der Waals surface area contributed by atoms with Gasteiger partial charge in [-0.3, -0.25) is 0 Å². The molecule has 3 aromatic rings. The number of nitrogens with one attached hydrogen (secondary N) is 1. The SMILES string of the molecule is CCOc1cc(CN(c2nc3cccc(OCC(=O)O)c3o2)C2CCNCC2)ccc1OC. The topological polar surface area (TPSA) is 106 Å².